The van der Waals surface area contributed by atoms with Crippen molar-refractivity contribution in [1.29, 1.82) is 0 Å². The van der Waals surface area contributed by atoms with E-state index < -0.39 is 12.1 Å². The maximum absolute atomic E-state index is 11.9. The molecule has 0 amide bonds. The number of ether oxygens (including phenoxy) is 1. The highest BCUT2D eigenvalue weighted by molar-refractivity contribution is 9.10. The molecular weight excluding hydrogens is 300 g/mol. The predicted molar refractivity (Wildman–Crippen MR) is 51.5 cm³/mol. The predicted octanol–water partition coefficient (Wildman–Crippen LogP) is 2.85. The second kappa shape index (κ2) is 4.54. The van der Waals surface area contributed by atoms with Crippen LogP contribution in [-0.2, 0) is 6.54 Å². The Morgan fingerprint density at radius 3 is 2.60 bits per heavy atom. The quantitative estimate of drug-likeness (QED) is 0.855. The Morgan fingerprint density at radius 1 is 1.53 bits per heavy atom. The molecule has 84 valence electrons. The number of rotatable bonds is 2. The van der Waals surface area contributed by atoms with Crippen molar-refractivity contribution in [2.75, 3.05) is 0 Å². The molecule has 0 aliphatic rings. The van der Waals surface area contributed by atoms with E-state index in [0.29, 0.717) is 0 Å². The minimum Gasteiger partial charge on any atom is -0.404 e. The molecule has 0 spiro atoms. The third kappa shape index (κ3) is 3.51. The van der Waals surface area contributed by atoms with Crippen molar-refractivity contribution >= 4 is 27.5 Å². The van der Waals surface area contributed by atoms with Gasteiger partial charge in [0.1, 0.15) is 4.60 Å². The zero-order chi connectivity index (χ0) is 11.6. The number of nitrogens with zero attached hydrogens (tertiary/aromatic N) is 1. The molecule has 1 aromatic rings. The van der Waals surface area contributed by atoms with Gasteiger partial charge in [0.25, 0.3) is 0 Å². The van der Waals surface area contributed by atoms with Gasteiger partial charge in [0, 0.05) is 12.6 Å². The molecule has 0 unspecified atom stereocenters. The van der Waals surface area contributed by atoms with Crippen LogP contribution in [0.25, 0.3) is 0 Å². The van der Waals surface area contributed by atoms with Gasteiger partial charge in [-0.1, -0.05) is 11.6 Å². The standard InChI is InChI=1S/C7H5BrClF3N2O/c8-6-3(9)1-5(4(2-13)14-6)15-7(10,11)12/h1H,2,13H2. The molecule has 0 saturated carbocycles. The lowest BCUT2D eigenvalue weighted by Crippen LogP contribution is -2.19. The van der Waals surface area contributed by atoms with Crippen LogP contribution < -0.4 is 10.5 Å². The van der Waals surface area contributed by atoms with Crippen molar-refractivity contribution in [3.05, 3.63) is 21.4 Å². The van der Waals surface area contributed by atoms with Crippen LogP contribution in [-0.4, -0.2) is 11.3 Å². The monoisotopic (exact) mass is 304 g/mol. The van der Waals surface area contributed by atoms with Gasteiger partial charge in [-0.05, 0) is 15.9 Å². The van der Waals surface area contributed by atoms with E-state index in [1.807, 2.05) is 0 Å². The fourth-order valence-corrected chi connectivity index (χ4v) is 1.31. The lowest BCUT2D eigenvalue weighted by molar-refractivity contribution is -0.275. The van der Waals surface area contributed by atoms with Crippen molar-refractivity contribution in [1.82, 2.24) is 4.98 Å². The Balaban J connectivity index is 3.11. The Labute approximate surface area is 96.5 Å². The molecule has 1 aromatic heterocycles. The molecule has 0 radical (unpaired) electrons. The molecule has 8 heteroatoms. The Hall–Kier alpha value is -0.530. The van der Waals surface area contributed by atoms with Crippen LogP contribution in [0.1, 0.15) is 5.69 Å². The van der Waals surface area contributed by atoms with E-state index in [1.54, 1.807) is 0 Å². The fraction of sp³-hybridized carbons (Fsp3) is 0.286. The highest BCUT2D eigenvalue weighted by atomic mass is 79.9. The number of hydrogen-bond donors (Lipinski definition) is 1. The van der Waals surface area contributed by atoms with Gasteiger partial charge >= 0.3 is 6.36 Å². The smallest absolute Gasteiger partial charge is 0.404 e. The first-order valence-electron chi connectivity index (χ1n) is 3.64. The summed E-state index contributed by atoms with van der Waals surface area (Å²) in [6.07, 6.45) is -4.79. The minimum atomic E-state index is -4.79. The first-order valence-corrected chi connectivity index (χ1v) is 4.81. The van der Waals surface area contributed by atoms with Crippen LogP contribution >= 0.6 is 27.5 Å². The molecule has 3 nitrogen and oxygen atoms in total. The maximum Gasteiger partial charge on any atom is 0.573 e. The molecule has 0 aliphatic heterocycles. The molecule has 15 heavy (non-hydrogen) atoms. The van der Waals surface area contributed by atoms with E-state index in [0.717, 1.165) is 6.07 Å². The maximum atomic E-state index is 11.9. The molecule has 0 aromatic carbocycles. The van der Waals surface area contributed by atoms with Gasteiger partial charge in [0.05, 0.1) is 10.7 Å². The summed E-state index contributed by atoms with van der Waals surface area (Å²) in [7, 11) is 0. The summed E-state index contributed by atoms with van der Waals surface area (Å²) in [5.41, 5.74) is 5.19. The van der Waals surface area contributed by atoms with Gasteiger partial charge in [-0.3, -0.25) is 0 Å². The summed E-state index contributed by atoms with van der Waals surface area (Å²) >= 11 is 8.54. The van der Waals surface area contributed by atoms with Gasteiger partial charge in [0.15, 0.2) is 5.75 Å². The molecule has 0 bridgehead atoms. The highest BCUT2D eigenvalue weighted by Crippen LogP contribution is 2.31. The van der Waals surface area contributed by atoms with Gasteiger partial charge < -0.3 is 10.5 Å². The highest BCUT2D eigenvalue weighted by Gasteiger charge is 2.32. The van der Waals surface area contributed by atoms with Crippen molar-refractivity contribution in [2.24, 2.45) is 5.73 Å². The summed E-state index contributed by atoms with van der Waals surface area (Å²) < 4.78 is 39.8. The molecule has 2 N–H and O–H groups in total. The van der Waals surface area contributed by atoms with E-state index in [1.165, 1.54) is 0 Å². The van der Waals surface area contributed by atoms with Crippen LogP contribution in [0, 0.1) is 0 Å². The third-order valence-corrected chi connectivity index (χ3v) is 2.51. The van der Waals surface area contributed by atoms with Crippen LogP contribution in [0.4, 0.5) is 13.2 Å². The Morgan fingerprint density at radius 2 is 2.13 bits per heavy atom. The van der Waals surface area contributed by atoms with Crippen LogP contribution in [0.15, 0.2) is 10.7 Å². The first-order chi connectivity index (χ1) is 6.83. The lowest BCUT2D eigenvalue weighted by atomic mass is 10.3. The summed E-state index contributed by atoms with van der Waals surface area (Å²) in [6, 6.07) is 1.01. The molecule has 0 fully saturated rings. The van der Waals surface area contributed by atoms with Crippen LogP contribution in [0.3, 0.4) is 0 Å². The summed E-state index contributed by atoms with van der Waals surface area (Å²) in [5, 5.41) is 0.0199. The average Bonchev–Trinajstić information content (AvgIpc) is 2.08. The number of pyridine rings is 1. The largest absolute Gasteiger partial charge is 0.573 e. The first kappa shape index (κ1) is 12.5. The molecule has 0 aliphatic carbocycles. The number of halogens is 5. The lowest BCUT2D eigenvalue weighted by Gasteiger charge is -2.12. The van der Waals surface area contributed by atoms with E-state index in [4.69, 9.17) is 17.3 Å². The van der Waals surface area contributed by atoms with Gasteiger partial charge in [-0.25, -0.2) is 4.98 Å². The van der Waals surface area contributed by atoms with Crippen LogP contribution in [0.2, 0.25) is 5.02 Å². The molecular formula is C7H5BrClF3N2O. The molecule has 1 rings (SSSR count). The summed E-state index contributed by atoms with van der Waals surface area (Å²) in [6.45, 7) is -0.179. The topological polar surface area (TPSA) is 48.1 Å². The van der Waals surface area contributed by atoms with Crippen molar-refractivity contribution < 1.29 is 17.9 Å². The fourth-order valence-electron chi connectivity index (χ4n) is 0.844. The van der Waals surface area contributed by atoms with Crippen molar-refractivity contribution in [3.8, 4) is 5.75 Å². The third-order valence-electron chi connectivity index (χ3n) is 1.39. The second-order valence-electron chi connectivity index (χ2n) is 2.46. The SMILES string of the molecule is NCc1nc(Br)c(Cl)cc1OC(F)(F)F. The average molecular weight is 305 g/mol. The molecule has 0 atom stereocenters. The zero-order valence-corrected chi connectivity index (χ0v) is 9.45. The van der Waals surface area contributed by atoms with Crippen molar-refractivity contribution in [2.45, 2.75) is 12.9 Å². The van der Waals surface area contributed by atoms with Gasteiger partial charge in [-0.15, -0.1) is 13.2 Å². The second-order valence-corrected chi connectivity index (χ2v) is 3.62. The number of nitrogens with two attached hydrogens (primary N) is 1. The van der Waals surface area contributed by atoms with Crippen molar-refractivity contribution in [3.63, 3.8) is 0 Å². The zero-order valence-electron chi connectivity index (χ0n) is 7.11. The summed E-state index contributed by atoms with van der Waals surface area (Å²) in [5.74, 6) is -0.488. The number of alkyl halides is 3. The van der Waals surface area contributed by atoms with E-state index >= 15 is 0 Å². The van der Waals surface area contributed by atoms with Gasteiger partial charge in [-0.2, -0.15) is 0 Å². The van der Waals surface area contributed by atoms with E-state index in [2.05, 4.69) is 25.7 Å². The van der Waals surface area contributed by atoms with E-state index in [-0.39, 0.29) is 21.9 Å². The number of aromatic nitrogens is 1. The Bertz CT molecular complexity index is 372. The molecule has 0 saturated heterocycles. The van der Waals surface area contributed by atoms with E-state index in [9.17, 15) is 13.2 Å². The Kier molecular flexibility index (Phi) is 3.80. The molecule has 1 heterocycles. The minimum absolute atomic E-state index is 0.0199. The normalized spacial score (nSPS) is 11.6. The summed E-state index contributed by atoms with van der Waals surface area (Å²) in [4.78, 5) is 3.71. The van der Waals surface area contributed by atoms with Gasteiger partial charge in [0.2, 0.25) is 0 Å². The van der Waals surface area contributed by atoms with Crippen LogP contribution in [0.5, 0.6) is 5.75 Å². The number of hydrogen-bond acceptors (Lipinski definition) is 3.